The second-order valence-corrected chi connectivity index (χ2v) is 2.79. The number of hydrogen-bond acceptors (Lipinski definition) is 3. The average molecular weight is 160 g/mol. The Labute approximate surface area is 67.3 Å². The monoisotopic (exact) mass is 160 g/mol. The molecule has 3 heteroatoms. The van der Waals surface area contributed by atoms with Crippen molar-refractivity contribution in [2.45, 2.75) is 32.0 Å². The Bertz CT molecular complexity index is 97.5. The zero-order chi connectivity index (χ0) is 8.10. The standard InChI is InChI=1S/C8H16O3/c1-2-10-8-4-3-7(5-9)11-6-8/h7-9H,2-6H2,1H3/t7-,8+/m0/s1. The first-order valence-electron chi connectivity index (χ1n) is 4.21. The van der Waals surface area contributed by atoms with Crippen molar-refractivity contribution in [2.24, 2.45) is 0 Å². The Morgan fingerprint density at radius 3 is 2.82 bits per heavy atom. The number of hydrogen-bond donors (Lipinski definition) is 1. The molecule has 0 aromatic heterocycles. The predicted molar refractivity (Wildman–Crippen MR) is 41.5 cm³/mol. The summed E-state index contributed by atoms with van der Waals surface area (Å²) in [5.74, 6) is 0. The lowest BCUT2D eigenvalue weighted by Crippen LogP contribution is -2.33. The molecule has 0 aromatic rings. The third-order valence-electron chi connectivity index (χ3n) is 1.93. The largest absolute Gasteiger partial charge is 0.394 e. The molecule has 2 atom stereocenters. The fraction of sp³-hybridized carbons (Fsp3) is 1.00. The van der Waals surface area contributed by atoms with E-state index in [-0.39, 0.29) is 18.8 Å². The lowest BCUT2D eigenvalue weighted by atomic mass is 10.1. The normalized spacial score (nSPS) is 32.2. The van der Waals surface area contributed by atoms with E-state index in [2.05, 4.69) is 0 Å². The summed E-state index contributed by atoms with van der Waals surface area (Å²) < 4.78 is 10.7. The van der Waals surface area contributed by atoms with Crippen LogP contribution >= 0.6 is 0 Å². The molecule has 66 valence electrons. The smallest absolute Gasteiger partial charge is 0.0809 e. The van der Waals surface area contributed by atoms with Gasteiger partial charge < -0.3 is 14.6 Å². The fourth-order valence-corrected chi connectivity index (χ4v) is 1.29. The van der Waals surface area contributed by atoms with Gasteiger partial charge >= 0.3 is 0 Å². The summed E-state index contributed by atoms with van der Waals surface area (Å²) in [5.41, 5.74) is 0. The molecular formula is C8H16O3. The van der Waals surface area contributed by atoms with Gasteiger partial charge in [0, 0.05) is 6.61 Å². The minimum Gasteiger partial charge on any atom is -0.394 e. The zero-order valence-corrected chi connectivity index (χ0v) is 6.95. The van der Waals surface area contributed by atoms with Gasteiger partial charge in [0.15, 0.2) is 0 Å². The molecule has 0 unspecified atom stereocenters. The summed E-state index contributed by atoms with van der Waals surface area (Å²) >= 11 is 0. The lowest BCUT2D eigenvalue weighted by Gasteiger charge is -2.27. The van der Waals surface area contributed by atoms with Crippen LogP contribution in [0.15, 0.2) is 0 Å². The summed E-state index contributed by atoms with van der Waals surface area (Å²) in [6.07, 6.45) is 2.23. The van der Waals surface area contributed by atoms with Gasteiger partial charge in [0.2, 0.25) is 0 Å². The van der Waals surface area contributed by atoms with Crippen molar-refractivity contribution in [3.8, 4) is 0 Å². The molecular weight excluding hydrogens is 144 g/mol. The van der Waals surface area contributed by atoms with Gasteiger partial charge in [0.25, 0.3) is 0 Å². The summed E-state index contributed by atoms with van der Waals surface area (Å²) in [4.78, 5) is 0. The van der Waals surface area contributed by atoms with Crippen molar-refractivity contribution in [1.82, 2.24) is 0 Å². The Morgan fingerprint density at radius 2 is 2.36 bits per heavy atom. The first kappa shape index (κ1) is 8.97. The van der Waals surface area contributed by atoms with E-state index in [4.69, 9.17) is 14.6 Å². The average Bonchev–Trinajstić information content (AvgIpc) is 2.07. The molecule has 0 bridgehead atoms. The molecule has 0 spiro atoms. The minimum atomic E-state index is 0.0479. The second-order valence-electron chi connectivity index (χ2n) is 2.79. The summed E-state index contributed by atoms with van der Waals surface area (Å²) in [5, 5.41) is 8.74. The SMILES string of the molecule is CCO[C@@H]1CC[C@@H](CO)OC1. The highest BCUT2D eigenvalue weighted by molar-refractivity contribution is 4.69. The first-order valence-corrected chi connectivity index (χ1v) is 4.21. The molecule has 0 radical (unpaired) electrons. The molecule has 11 heavy (non-hydrogen) atoms. The second kappa shape index (κ2) is 4.70. The van der Waals surface area contributed by atoms with E-state index in [1.807, 2.05) is 6.92 Å². The molecule has 1 aliphatic heterocycles. The Hall–Kier alpha value is -0.120. The summed E-state index contributed by atoms with van der Waals surface area (Å²) in [7, 11) is 0. The van der Waals surface area contributed by atoms with Gasteiger partial charge in [-0.15, -0.1) is 0 Å². The van der Waals surface area contributed by atoms with E-state index in [1.54, 1.807) is 0 Å². The molecule has 0 saturated carbocycles. The van der Waals surface area contributed by atoms with Crippen LogP contribution in [0.25, 0.3) is 0 Å². The molecule has 0 amide bonds. The van der Waals surface area contributed by atoms with E-state index < -0.39 is 0 Å². The van der Waals surface area contributed by atoms with Crippen LogP contribution in [0.1, 0.15) is 19.8 Å². The van der Waals surface area contributed by atoms with Gasteiger partial charge in [0.05, 0.1) is 25.4 Å². The van der Waals surface area contributed by atoms with Crippen molar-refractivity contribution in [3.05, 3.63) is 0 Å². The topological polar surface area (TPSA) is 38.7 Å². The molecule has 1 aliphatic rings. The molecule has 1 N–H and O–H groups in total. The highest BCUT2D eigenvalue weighted by Gasteiger charge is 2.20. The number of ether oxygens (including phenoxy) is 2. The van der Waals surface area contributed by atoms with E-state index in [9.17, 15) is 0 Å². The van der Waals surface area contributed by atoms with Crippen molar-refractivity contribution >= 4 is 0 Å². The van der Waals surface area contributed by atoms with Crippen LogP contribution in [0.2, 0.25) is 0 Å². The van der Waals surface area contributed by atoms with E-state index in [0.717, 1.165) is 19.4 Å². The molecule has 0 aliphatic carbocycles. The lowest BCUT2D eigenvalue weighted by molar-refractivity contribution is -0.0956. The summed E-state index contributed by atoms with van der Waals surface area (Å²) in [6, 6.07) is 0. The van der Waals surface area contributed by atoms with Gasteiger partial charge in [-0.1, -0.05) is 0 Å². The molecule has 3 nitrogen and oxygen atoms in total. The molecule has 1 heterocycles. The Morgan fingerprint density at radius 1 is 1.55 bits per heavy atom. The van der Waals surface area contributed by atoms with E-state index >= 15 is 0 Å². The molecule has 0 aromatic carbocycles. The van der Waals surface area contributed by atoms with Crippen LogP contribution in [0, 0.1) is 0 Å². The maximum absolute atomic E-state index is 8.74. The van der Waals surface area contributed by atoms with Crippen molar-refractivity contribution in [2.75, 3.05) is 19.8 Å². The third-order valence-corrected chi connectivity index (χ3v) is 1.93. The van der Waals surface area contributed by atoms with E-state index in [0.29, 0.717) is 6.61 Å². The fourth-order valence-electron chi connectivity index (χ4n) is 1.29. The van der Waals surface area contributed by atoms with Crippen molar-refractivity contribution < 1.29 is 14.6 Å². The minimum absolute atomic E-state index is 0.0479. The maximum atomic E-state index is 8.74. The van der Waals surface area contributed by atoms with Crippen LogP contribution < -0.4 is 0 Å². The van der Waals surface area contributed by atoms with Crippen LogP contribution in [-0.2, 0) is 9.47 Å². The number of rotatable bonds is 3. The summed E-state index contributed by atoms with van der Waals surface area (Å²) in [6.45, 7) is 3.51. The quantitative estimate of drug-likeness (QED) is 0.655. The Balaban J connectivity index is 2.14. The van der Waals surface area contributed by atoms with Gasteiger partial charge in [0.1, 0.15) is 0 Å². The highest BCUT2D eigenvalue weighted by Crippen LogP contribution is 2.15. The number of aliphatic hydroxyl groups excluding tert-OH is 1. The van der Waals surface area contributed by atoms with Crippen molar-refractivity contribution in [3.63, 3.8) is 0 Å². The highest BCUT2D eigenvalue weighted by atomic mass is 16.5. The van der Waals surface area contributed by atoms with Crippen molar-refractivity contribution in [1.29, 1.82) is 0 Å². The van der Waals surface area contributed by atoms with Gasteiger partial charge in [-0.25, -0.2) is 0 Å². The van der Waals surface area contributed by atoms with Gasteiger partial charge in [-0.05, 0) is 19.8 Å². The van der Waals surface area contributed by atoms with Crippen LogP contribution in [0.3, 0.4) is 0 Å². The third kappa shape index (κ3) is 2.77. The Kier molecular flexibility index (Phi) is 3.83. The van der Waals surface area contributed by atoms with Crippen LogP contribution in [0.5, 0.6) is 0 Å². The first-order chi connectivity index (χ1) is 5.36. The maximum Gasteiger partial charge on any atom is 0.0809 e. The molecule has 1 saturated heterocycles. The zero-order valence-electron chi connectivity index (χ0n) is 6.95. The van der Waals surface area contributed by atoms with E-state index in [1.165, 1.54) is 0 Å². The van der Waals surface area contributed by atoms with Crippen LogP contribution in [-0.4, -0.2) is 37.1 Å². The van der Waals surface area contributed by atoms with Crippen LogP contribution in [0.4, 0.5) is 0 Å². The van der Waals surface area contributed by atoms with Gasteiger partial charge in [-0.3, -0.25) is 0 Å². The predicted octanol–water partition coefficient (Wildman–Crippen LogP) is 0.563. The van der Waals surface area contributed by atoms with Gasteiger partial charge in [-0.2, -0.15) is 0 Å². The number of aliphatic hydroxyl groups is 1. The molecule has 1 rings (SSSR count). The molecule has 1 fully saturated rings.